The van der Waals surface area contributed by atoms with Gasteiger partial charge >= 0.3 is 0 Å². The number of benzene rings is 2. The van der Waals surface area contributed by atoms with Crippen LogP contribution in [0, 0.1) is 6.92 Å². The molecule has 0 atom stereocenters. The Morgan fingerprint density at radius 3 is 2.46 bits per heavy atom. The van der Waals surface area contributed by atoms with Gasteiger partial charge in [0.1, 0.15) is 12.4 Å². The minimum Gasteiger partial charge on any atom is -0.492 e. The van der Waals surface area contributed by atoms with Crippen molar-refractivity contribution in [3.63, 3.8) is 0 Å². The lowest BCUT2D eigenvalue weighted by Crippen LogP contribution is -2.26. The third kappa shape index (κ3) is 6.23. The van der Waals surface area contributed by atoms with E-state index in [0.717, 1.165) is 11.1 Å². The molecule has 0 fully saturated rings. The molecule has 0 aromatic heterocycles. The Kier molecular flexibility index (Phi) is 6.87. The van der Waals surface area contributed by atoms with E-state index in [-0.39, 0.29) is 11.3 Å². The van der Waals surface area contributed by atoms with Gasteiger partial charge in [-0.05, 0) is 47.2 Å². The summed E-state index contributed by atoms with van der Waals surface area (Å²) < 4.78 is 5.58. The van der Waals surface area contributed by atoms with E-state index in [4.69, 9.17) is 16.3 Å². The van der Waals surface area contributed by atoms with Gasteiger partial charge in [-0.2, -0.15) is 0 Å². The SMILES string of the molecule is Cc1ccc(OCCNC(=O)/C=C/c2ccc(C(C)(C)C)cc2)cc1Cl. The summed E-state index contributed by atoms with van der Waals surface area (Å²) >= 11 is 6.05. The highest BCUT2D eigenvalue weighted by Gasteiger charge is 2.12. The van der Waals surface area contributed by atoms with Crippen LogP contribution in [0.3, 0.4) is 0 Å². The van der Waals surface area contributed by atoms with Gasteiger partial charge in [0, 0.05) is 11.1 Å². The van der Waals surface area contributed by atoms with Gasteiger partial charge < -0.3 is 10.1 Å². The van der Waals surface area contributed by atoms with Crippen molar-refractivity contribution >= 4 is 23.6 Å². The van der Waals surface area contributed by atoms with Crippen LogP contribution < -0.4 is 10.1 Å². The number of hydrogen-bond donors (Lipinski definition) is 1. The second-order valence-corrected chi connectivity index (χ2v) is 7.66. The van der Waals surface area contributed by atoms with Gasteiger partial charge in [0.25, 0.3) is 0 Å². The number of hydrogen-bond acceptors (Lipinski definition) is 2. The van der Waals surface area contributed by atoms with E-state index >= 15 is 0 Å². The molecule has 3 nitrogen and oxygen atoms in total. The monoisotopic (exact) mass is 371 g/mol. The van der Waals surface area contributed by atoms with Gasteiger partial charge in [0.15, 0.2) is 0 Å². The molecule has 0 heterocycles. The number of carbonyl (C=O) groups excluding carboxylic acids is 1. The largest absolute Gasteiger partial charge is 0.492 e. The predicted molar refractivity (Wildman–Crippen MR) is 109 cm³/mol. The fourth-order valence-electron chi connectivity index (χ4n) is 2.33. The van der Waals surface area contributed by atoms with Crippen LogP contribution in [0.15, 0.2) is 48.5 Å². The highest BCUT2D eigenvalue weighted by molar-refractivity contribution is 6.31. The summed E-state index contributed by atoms with van der Waals surface area (Å²) in [6.45, 7) is 9.29. The maximum atomic E-state index is 11.9. The molecule has 1 N–H and O–H groups in total. The number of nitrogens with one attached hydrogen (secondary N) is 1. The molecule has 0 bridgehead atoms. The van der Waals surface area contributed by atoms with Crippen LogP contribution in [-0.4, -0.2) is 19.1 Å². The normalized spacial score (nSPS) is 11.6. The van der Waals surface area contributed by atoms with E-state index in [1.165, 1.54) is 11.6 Å². The third-order valence-corrected chi connectivity index (χ3v) is 4.42. The average molecular weight is 372 g/mol. The maximum absolute atomic E-state index is 11.9. The van der Waals surface area contributed by atoms with Crippen LogP contribution in [0.25, 0.3) is 6.08 Å². The zero-order chi connectivity index (χ0) is 19.2. The van der Waals surface area contributed by atoms with Gasteiger partial charge in [-0.15, -0.1) is 0 Å². The van der Waals surface area contributed by atoms with E-state index in [1.54, 1.807) is 6.07 Å². The van der Waals surface area contributed by atoms with Crippen LogP contribution in [0.4, 0.5) is 0 Å². The topological polar surface area (TPSA) is 38.3 Å². The van der Waals surface area contributed by atoms with Crippen LogP contribution in [0.2, 0.25) is 5.02 Å². The molecule has 0 radical (unpaired) electrons. The van der Waals surface area contributed by atoms with Gasteiger partial charge in [0.05, 0.1) is 6.54 Å². The van der Waals surface area contributed by atoms with Crippen molar-refractivity contribution in [2.45, 2.75) is 33.1 Å². The molecule has 26 heavy (non-hydrogen) atoms. The molecule has 0 aliphatic heterocycles. The molecular formula is C22H26ClNO2. The number of carbonyl (C=O) groups is 1. The van der Waals surface area contributed by atoms with E-state index in [2.05, 4.69) is 38.2 Å². The Labute approximate surface area is 161 Å². The Balaban J connectivity index is 1.76. The summed E-state index contributed by atoms with van der Waals surface area (Å²) in [6.07, 6.45) is 3.34. The summed E-state index contributed by atoms with van der Waals surface area (Å²) in [5, 5.41) is 3.47. The molecular weight excluding hydrogens is 346 g/mol. The fourth-order valence-corrected chi connectivity index (χ4v) is 2.50. The summed E-state index contributed by atoms with van der Waals surface area (Å²) in [5.41, 5.74) is 3.40. The molecule has 2 aromatic rings. The van der Waals surface area contributed by atoms with E-state index in [1.807, 2.05) is 37.3 Å². The zero-order valence-electron chi connectivity index (χ0n) is 15.8. The first kappa shape index (κ1) is 20.1. The third-order valence-electron chi connectivity index (χ3n) is 4.02. The second kappa shape index (κ2) is 8.91. The number of halogens is 1. The molecule has 2 aromatic carbocycles. The van der Waals surface area contributed by atoms with Gasteiger partial charge in [0.2, 0.25) is 5.91 Å². The first-order valence-corrected chi connectivity index (χ1v) is 9.09. The van der Waals surface area contributed by atoms with E-state index < -0.39 is 0 Å². The van der Waals surface area contributed by atoms with E-state index in [0.29, 0.717) is 23.9 Å². The Morgan fingerprint density at radius 1 is 1.15 bits per heavy atom. The maximum Gasteiger partial charge on any atom is 0.244 e. The van der Waals surface area contributed by atoms with Crippen molar-refractivity contribution in [2.75, 3.05) is 13.2 Å². The number of aryl methyl sites for hydroxylation is 1. The smallest absolute Gasteiger partial charge is 0.244 e. The number of amides is 1. The molecule has 1 amide bonds. The van der Waals surface area contributed by atoms with Crippen molar-refractivity contribution in [3.05, 3.63) is 70.3 Å². The van der Waals surface area contributed by atoms with Crippen LogP contribution >= 0.6 is 11.6 Å². The van der Waals surface area contributed by atoms with Crippen LogP contribution in [0.5, 0.6) is 5.75 Å². The molecule has 0 unspecified atom stereocenters. The summed E-state index contributed by atoms with van der Waals surface area (Å²) in [6, 6.07) is 13.8. The van der Waals surface area contributed by atoms with Crippen molar-refractivity contribution in [3.8, 4) is 5.75 Å². The lowest BCUT2D eigenvalue weighted by molar-refractivity contribution is -0.116. The molecule has 2 rings (SSSR count). The molecule has 0 spiro atoms. The van der Waals surface area contributed by atoms with Crippen LogP contribution in [0.1, 0.15) is 37.5 Å². The first-order chi connectivity index (χ1) is 12.3. The van der Waals surface area contributed by atoms with E-state index in [9.17, 15) is 4.79 Å². The summed E-state index contributed by atoms with van der Waals surface area (Å²) in [5.74, 6) is 0.555. The molecule has 0 saturated heterocycles. The predicted octanol–water partition coefficient (Wildman–Crippen LogP) is 5.15. The number of rotatable bonds is 6. The zero-order valence-corrected chi connectivity index (χ0v) is 16.6. The highest BCUT2D eigenvalue weighted by atomic mass is 35.5. The Morgan fingerprint density at radius 2 is 1.85 bits per heavy atom. The van der Waals surface area contributed by atoms with Gasteiger partial charge in [-0.3, -0.25) is 4.79 Å². The average Bonchev–Trinajstić information content (AvgIpc) is 2.59. The quantitative estimate of drug-likeness (QED) is 0.563. The molecule has 138 valence electrons. The van der Waals surface area contributed by atoms with Gasteiger partial charge in [-0.1, -0.05) is 62.7 Å². The van der Waals surface area contributed by atoms with Gasteiger partial charge in [-0.25, -0.2) is 0 Å². The lowest BCUT2D eigenvalue weighted by Gasteiger charge is -2.18. The molecule has 0 saturated carbocycles. The molecule has 4 heteroatoms. The molecule has 0 aliphatic carbocycles. The fraction of sp³-hybridized carbons (Fsp3) is 0.318. The standard InChI is InChI=1S/C22H26ClNO2/c1-16-5-11-19(15-20(16)23)26-14-13-24-21(25)12-8-17-6-9-18(10-7-17)22(2,3)4/h5-12,15H,13-14H2,1-4H3,(H,24,25)/b12-8+. The minimum atomic E-state index is -0.143. The number of ether oxygens (including phenoxy) is 1. The highest BCUT2D eigenvalue weighted by Crippen LogP contribution is 2.22. The lowest BCUT2D eigenvalue weighted by atomic mass is 9.87. The molecule has 0 aliphatic rings. The minimum absolute atomic E-state index is 0.126. The van der Waals surface area contributed by atoms with Crippen molar-refractivity contribution in [2.24, 2.45) is 0 Å². The summed E-state index contributed by atoms with van der Waals surface area (Å²) in [7, 11) is 0. The Hall–Kier alpha value is -2.26. The van der Waals surface area contributed by atoms with Crippen molar-refractivity contribution in [1.29, 1.82) is 0 Å². The summed E-state index contributed by atoms with van der Waals surface area (Å²) in [4.78, 5) is 11.9. The first-order valence-electron chi connectivity index (χ1n) is 8.71. The second-order valence-electron chi connectivity index (χ2n) is 7.26. The Bertz CT molecular complexity index is 774. The van der Waals surface area contributed by atoms with Crippen molar-refractivity contribution in [1.82, 2.24) is 5.32 Å². The van der Waals surface area contributed by atoms with Crippen molar-refractivity contribution < 1.29 is 9.53 Å². The van der Waals surface area contributed by atoms with Crippen LogP contribution in [-0.2, 0) is 10.2 Å².